The molecule has 0 saturated carbocycles. The van der Waals surface area contributed by atoms with Gasteiger partial charge in [0.05, 0.1) is 11.5 Å². The van der Waals surface area contributed by atoms with Gasteiger partial charge >= 0.3 is 5.69 Å². The van der Waals surface area contributed by atoms with Crippen molar-refractivity contribution in [2.45, 2.75) is 40.8 Å². The summed E-state index contributed by atoms with van der Waals surface area (Å²) in [4.78, 5) is 25.3. The van der Waals surface area contributed by atoms with Crippen LogP contribution in [0.2, 0.25) is 0 Å². The number of nitrogens with zero attached hydrogens (tertiary/aromatic N) is 4. The third-order valence-electron chi connectivity index (χ3n) is 5.31. The van der Waals surface area contributed by atoms with Gasteiger partial charge in [-0.2, -0.15) is 5.10 Å². The van der Waals surface area contributed by atoms with Crippen molar-refractivity contribution in [1.29, 1.82) is 0 Å². The molecule has 0 aliphatic heterocycles. The Balaban J connectivity index is 1.71. The first-order chi connectivity index (χ1) is 14.2. The lowest BCUT2D eigenvalue weighted by Gasteiger charge is -2.19. The quantitative estimate of drug-likeness (QED) is 0.450. The van der Waals surface area contributed by atoms with Crippen LogP contribution >= 0.6 is 0 Å². The first-order valence-corrected chi connectivity index (χ1v) is 9.76. The highest BCUT2D eigenvalue weighted by atomic mass is 16.6. The average molecular weight is 406 g/mol. The molecule has 1 aromatic heterocycles. The second-order valence-corrected chi connectivity index (χ2v) is 7.72. The normalized spacial score (nSPS) is 10.8. The fourth-order valence-corrected chi connectivity index (χ4v) is 3.60. The second-order valence-electron chi connectivity index (χ2n) is 7.72. The molecule has 0 atom stereocenters. The van der Waals surface area contributed by atoms with Crippen molar-refractivity contribution in [3.8, 4) is 0 Å². The Kier molecular flexibility index (Phi) is 6.01. The van der Waals surface area contributed by atoms with Gasteiger partial charge in [-0.05, 0) is 56.5 Å². The largest absolute Gasteiger partial charge is 0.337 e. The van der Waals surface area contributed by atoms with E-state index < -0.39 is 4.92 Å². The number of carbonyl (C=O) groups excluding carboxylic acids is 1. The number of benzene rings is 2. The van der Waals surface area contributed by atoms with Crippen LogP contribution in [0.1, 0.15) is 44.0 Å². The number of rotatable bonds is 6. The minimum atomic E-state index is -0.401. The minimum Gasteiger partial charge on any atom is -0.337 e. The van der Waals surface area contributed by atoms with E-state index in [1.165, 1.54) is 11.1 Å². The molecule has 0 aliphatic rings. The van der Waals surface area contributed by atoms with Crippen LogP contribution in [0.4, 0.5) is 5.69 Å². The molecule has 7 heteroatoms. The molecule has 7 nitrogen and oxygen atoms in total. The van der Waals surface area contributed by atoms with Gasteiger partial charge in [0.25, 0.3) is 5.91 Å². The zero-order valence-electron chi connectivity index (χ0n) is 18.0. The number of aromatic nitrogens is 2. The summed E-state index contributed by atoms with van der Waals surface area (Å²) in [6, 6.07) is 13.5. The number of hydrogen-bond acceptors (Lipinski definition) is 4. The molecule has 0 spiro atoms. The Hall–Kier alpha value is -3.48. The average Bonchev–Trinajstić information content (AvgIpc) is 2.97. The van der Waals surface area contributed by atoms with Crippen LogP contribution in [-0.2, 0) is 13.1 Å². The maximum atomic E-state index is 12.8. The minimum absolute atomic E-state index is 0.0508. The molecule has 156 valence electrons. The molecule has 1 heterocycles. The SMILES string of the molecule is Cc1ccc(CN(C)C(=O)c2ccc(Cn3nc(C)c([N+](=O)[O-])c3C)cc2)c(C)c1. The van der Waals surface area contributed by atoms with Crippen molar-refractivity contribution in [3.63, 3.8) is 0 Å². The summed E-state index contributed by atoms with van der Waals surface area (Å²) in [5.74, 6) is -0.0525. The van der Waals surface area contributed by atoms with Gasteiger partial charge in [-0.1, -0.05) is 35.9 Å². The molecule has 2 aromatic carbocycles. The highest BCUT2D eigenvalue weighted by Gasteiger charge is 2.21. The van der Waals surface area contributed by atoms with Gasteiger partial charge in [-0.15, -0.1) is 0 Å². The molecule has 0 unspecified atom stereocenters. The number of amides is 1. The van der Waals surface area contributed by atoms with Crippen molar-refractivity contribution in [2.24, 2.45) is 0 Å². The molecule has 3 aromatic rings. The topological polar surface area (TPSA) is 81.3 Å². The van der Waals surface area contributed by atoms with Crippen LogP contribution < -0.4 is 0 Å². The van der Waals surface area contributed by atoms with E-state index in [1.54, 1.807) is 42.6 Å². The highest BCUT2D eigenvalue weighted by Crippen LogP contribution is 2.22. The van der Waals surface area contributed by atoms with Gasteiger partial charge in [0.15, 0.2) is 0 Å². The van der Waals surface area contributed by atoms with Crippen molar-refractivity contribution < 1.29 is 9.72 Å². The van der Waals surface area contributed by atoms with Gasteiger partial charge in [-0.25, -0.2) is 0 Å². The Morgan fingerprint density at radius 2 is 1.77 bits per heavy atom. The van der Waals surface area contributed by atoms with E-state index >= 15 is 0 Å². The maximum absolute atomic E-state index is 12.8. The molecular formula is C23H26N4O3. The summed E-state index contributed by atoms with van der Waals surface area (Å²) >= 11 is 0. The monoisotopic (exact) mass is 406 g/mol. The first-order valence-electron chi connectivity index (χ1n) is 9.76. The van der Waals surface area contributed by atoms with E-state index in [4.69, 9.17) is 0 Å². The van der Waals surface area contributed by atoms with E-state index in [1.807, 2.05) is 12.1 Å². The molecule has 0 bridgehead atoms. The molecule has 0 radical (unpaired) electrons. The first kappa shape index (κ1) is 21.2. The van der Waals surface area contributed by atoms with Gasteiger partial charge in [0.2, 0.25) is 0 Å². The van der Waals surface area contributed by atoms with Crippen LogP contribution in [-0.4, -0.2) is 32.6 Å². The predicted octanol–water partition coefficient (Wildman–Crippen LogP) is 4.35. The maximum Gasteiger partial charge on any atom is 0.312 e. The standard InChI is InChI=1S/C23H26N4O3/c1-15-6-9-21(16(2)12-15)14-25(5)23(28)20-10-7-19(8-11-20)13-26-18(4)22(27(29)30)17(3)24-26/h6-12H,13-14H2,1-5H3. The van der Waals surface area contributed by atoms with E-state index in [0.717, 1.165) is 11.1 Å². The molecular weight excluding hydrogens is 380 g/mol. The fourth-order valence-electron chi connectivity index (χ4n) is 3.60. The number of carbonyl (C=O) groups is 1. The number of nitro groups is 1. The van der Waals surface area contributed by atoms with E-state index in [0.29, 0.717) is 30.0 Å². The lowest BCUT2D eigenvalue weighted by atomic mass is 10.0. The summed E-state index contributed by atoms with van der Waals surface area (Å²) < 4.78 is 1.62. The van der Waals surface area contributed by atoms with Crippen LogP contribution in [0, 0.1) is 37.8 Å². The molecule has 1 amide bonds. The Morgan fingerprint density at radius 3 is 2.33 bits per heavy atom. The van der Waals surface area contributed by atoms with E-state index in [2.05, 4.69) is 37.1 Å². The summed E-state index contributed by atoms with van der Waals surface area (Å²) in [5, 5.41) is 15.4. The lowest BCUT2D eigenvalue weighted by Crippen LogP contribution is -2.26. The third-order valence-corrected chi connectivity index (χ3v) is 5.31. The molecule has 30 heavy (non-hydrogen) atoms. The lowest BCUT2D eigenvalue weighted by molar-refractivity contribution is -0.386. The molecule has 0 fully saturated rings. The molecule has 0 saturated heterocycles. The van der Waals surface area contributed by atoms with Crippen molar-refractivity contribution in [3.05, 3.63) is 91.8 Å². The number of hydrogen-bond donors (Lipinski definition) is 0. The number of aryl methyl sites for hydroxylation is 3. The molecule has 0 aliphatic carbocycles. The summed E-state index contributed by atoms with van der Waals surface area (Å²) in [6.07, 6.45) is 0. The third kappa shape index (κ3) is 4.40. The Morgan fingerprint density at radius 1 is 1.10 bits per heavy atom. The zero-order chi connectivity index (χ0) is 22.0. The fraction of sp³-hybridized carbons (Fsp3) is 0.304. The van der Waals surface area contributed by atoms with Crippen molar-refractivity contribution >= 4 is 11.6 Å². The van der Waals surface area contributed by atoms with E-state index in [9.17, 15) is 14.9 Å². The van der Waals surface area contributed by atoms with Gasteiger partial charge < -0.3 is 4.90 Å². The highest BCUT2D eigenvalue weighted by molar-refractivity contribution is 5.94. The van der Waals surface area contributed by atoms with Gasteiger partial charge in [0.1, 0.15) is 11.4 Å². The second kappa shape index (κ2) is 8.49. The van der Waals surface area contributed by atoms with E-state index in [-0.39, 0.29) is 11.6 Å². The smallest absolute Gasteiger partial charge is 0.312 e. The zero-order valence-corrected chi connectivity index (χ0v) is 18.0. The molecule has 0 N–H and O–H groups in total. The van der Waals surface area contributed by atoms with Crippen LogP contribution in [0.25, 0.3) is 0 Å². The van der Waals surface area contributed by atoms with Gasteiger partial charge in [-0.3, -0.25) is 19.6 Å². The summed E-state index contributed by atoms with van der Waals surface area (Å²) in [7, 11) is 1.80. The Bertz CT molecular complexity index is 1100. The van der Waals surface area contributed by atoms with Crippen LogP contribution in [0.15, 0.2) is 42.5 Å². The summed E-state index contributed by atoms with van der Waals surface area (Å²) in [5.41, 5.74) is 5.99. The van der Waals surface area contributed by atoms with Crippen LogP contribution in [0.3, 0.4) is 0 Å². The van der Waals surface area contributed by atoms with Gasteiger partial charge in [0, 0.05) is 19.2 Å². The van der Waals surface area contributed by atoms with Crippen LogP contribution in [0.5, 0.6) is 0 Å². The predicted molar refractivity (Wildman–Crippen MR) is 116 cm³/mol. The summed E-state index contributed by atoms with van der Waals surface area (Å²) in [6.45, 7) is 8.39. The Labute approximate surface area is 176 Å². The van der Waals surface area contributed by atoms with Crippen molar-refractivity contribution in [2.75, 3.05) is 7.05 Å². The van der Waals surface area contributed by atoms with Crippen molar-refractivity contribution in [1.82, 2.24) is 14.7 Å². The molecule has 3 rings (SSSR count).